The molecule has 0 radical (unpaired) electrons. The number of aliphatic hydroxyl groups is 1. The second-order valence-corrected chi connectivity index (χ2v) is 6.09. The second kappa shape index (κ2) is 5.90. The summed E-state index contributed by atoms with van der Waals surface area (Å²) in [5.41, 5.74) is 2.97. The molecule has 2 aromatic rings. The molecule has 1 atom stereocenters. The minimum absolute atomic E-state index is 0.117. The zero-order valence-corrected chi connectivity index (χ0v) is 13.5. The number of aryl methyl sites for hydroxylation is 2. The molecule has 21 heavy (non-hydrogen) atoms. The molecule has 0 amide bonds. The summed E-state index contributed by atoms with van der Waals surface area (Å²) < 4.78 is 5.73. The van der Waals surface area contributed by atoms with E-state index in [-0.39, 0.29) is 6.10 Å². The van der Waals surface area contributed by atoms with E-state index in [0.29, 0.717) is 0 Å². The number of ether oxygens (including phenoxy) is 1. The molecule has 0 heterocycles. The average molecular weight is 284 g/mol. The van der Waals surface area contributed by atoms with Gasteiger partial charge in [0.2, 0.25) is 0 Å². The van der Waals surface area contributed by atoms with Crippen molar-refractivity contribution in [2.75, 3.05) is 0 Å². The topological polar surface area (TPSA) is 29.5 Å². The summed E-state index contributed by atoms with van der Waals surface area (Å²) in [6.07, 6.45) is 0.117. The molecule has 2 nitrogen and oxygen atoms in total. The first kappa shape index (κ1) is 15.6. The first-order valence-corrected chi connectivity index (χ1v) is 7.38. The number of hydrogen-bond donors (Lipinski definition) is 1. The van der Waals surface area contributed by atoms with E-state index in [1.807, 2.05) is 71.0 Å². The largest absolute Gasteiger partial charge is 0.491 e. The highest BCUT2D eigenvalue weighted by Crippen LogP contribution is 2.33. The lowest BCUT2D eigenvalue weighted by atomic mass is 9.85. The summed E-state index contributed by atoms with van der Waals surface area (Å²) in [5.74, 6) is 0.785. The number of benzene rings is 2. The van der Waals surface area contributed by atoms with Crippen LogP contribution in [0.3, 0.4) is 0 Å². The minimum atomic E-state index is -1.04. The number of hydrogen-bond acceptors (Lipinski definition) is 2. The van der Waals surface area contributed by atoms with Crippen molar-refractivity contribution in [3.8, 4) is 5.75 Å². The number of rotatable bonds is 4. The van der Waals surface area contributed by atoms with Crippen molar-refractivity contribution in [1.29, 1.82) is 0 Å². The van der Waals surface area contributed by atoms with E-state index in [0.717, 1.165) is 28.0 Å². The summed E-state index contributed by atoms with van der Waals surface area (Å²) >= 11 is 0. The molecule has 0 spiro atoms. The van der Waals surface area contributed by atoms with Gasteiger partial charge >= 0.3 is 0 Å². The fourth-order valence-electron chi connectivity index (χ4n) is 2.56. The highest BCUT2D eigenvalue weighted by atomic mass is 16.5. The molecule has 112 valence electrons. The minimum Gasteiger partial charge on any atom is -0.491 e. The summed E-state index contributed by atoms with van der Waals surface area (Å²) in [6.45, 7) is 9.89. The average Bonchev–Trinajstić information content (AvgIpc) is 2.41. The molecule has 0 bridgehead atoms. The van der Waals surface area contributed by atoms with Gasteiger partial charge in [-0.15, -0.1) is 0 Å². The Kier molecular flexibility index (Phi) is 4.38. The quantitative estimate of drug-likeness (QED) is 0.904. The van der Waals surface area contributed by atoms with Gasteiger partial charge in [0.15, 0.2) is 0 Å². The molecular weight excluding hydrogens is 260 g/mol. The van der Waals surface area contributed by atoms with Crippen LogP contribution in [-0.2, 0) is 5.60 Å². The van der Waals surface area contributed by atoms with E-state index in [4.69, 9.17) is 4.74 Å². The Morgan fingerprint density at radius 2 is 1.76 bits per heavy atom. The van der Waals surface area contributed by atoms with E-state index in [1.165, 1.54) is 0 Å². The summed E-state index contributed by atoms with van der Waals surface area (Å²) in [5, 5.41) is 11.1. The lowest BCUT2D eigenvalue weighted by Crippen LogP contribution is -2.24. The van der Waals surface area contributed by atoms with Gasteiger partial charge in [-0.1, -0.05) is 35.9 Å². The standard InChI is InChI=1S/C19H24O2/c1-13(2)21-17-8-6-7-16(12-17)19(5,20)18-11-14(3)9-10-15(18)4/h6-13,20H,1-5H3. The normalized spacial score (nSPS) is 14.0. The Morgan fingerprint density at radius 1 is 1.05 bits per heavy atom. The third-order valence-corrected chi connectivity index (χ3v) is 3.69. The van der Waals surface area contributed by atoms with Crippen LogP contribution in [0.15, 0.2) is 42.5 Å². The Labute approximate surface area is 127 Å². The zero-order valence-electron chi connectivity index (χ0n) is 13.5. The van der Waals surface area contributed by atoms with Crippen LogP contribution in [0.1, 0.15) is 43.0 Å². The van der Waals surface area contributed by atoms with E-state index in [2.05, 4.69) is 6.07 Å². The van der Waals surface area contributed by atoms with Gasteiger partial charge in [-0.05, 0) is 63.4 Å². The van der Waals surface area contributed by atoms with E-state index < -0.39 is 5.60 Å². The van der Waals surface area contributed by atoms with Gasteiger partial charge in [0.1, 0.15) is 11.4 Å². The maximum atomic E-state index is 11.1. The maximum absolute atomic E-state index is 11.1. The van der Waals surface area contributed by atoms with Gasteiger partial charge in [0.25, 0.3) is 0 Å². The molecular formula is C19H24O2. The summed E-state index contributed by atoms with van der Waals surface area (Å²) in [6, 6.07) is 13.9. The fraction of sp³-hybridized carbons (Fsp3) is 0.368. The molecule has 1 unspecified atom stereocenters. The first-order chi connectivity index (χ1) is 9.80. The van der Waals surface area contributed by atoms with Crippen molar-refractivity contribution < 1.29 is 9.84 Å². The lowest BCUT2D eigenvalue weighted by molar-refractivity contribution is 0.101. The molecule has 0 saturated carbocycles. The van der Waals surface area contributed by atoms with E-state index >= 15 is 0 Å². The van der Waals surface area contributed by atoms with E-state index in [9.17, 15) is 5.11 Å². The third kappa shape index (κ3) is 3.45. The summed E-state index contributed by atoms with van der Waals surface area (Å²) in [7, 11) is 0. The van der Waals surface area contributed by atoms with Crippen molar-refractivity contribution >= 4 is 0 Å². The summed E-state index contributed by atoms with van der Waals surface area (Å²) in [4.78, 5) is 0. The van der Waals surface area contributed by atoms with E-state index in [1.54, 1.807) is 0 Å². The molecule has 0 saturated heterocycles. The van der Waals surface area contributed by atoms with Gasteiger partial charge in [-0.25, -0.2) is 0 Å². The molecule has 0 aliphatic carbocycles. The maximum Gasteiger partial charge on any atom is 0.120 e. The lowest BCUT2D eigenvalue weighted by Gasteiger charge is -2.27. The van der Waals surface area contributed by atoms with Crippen LogP contribution in [0.2, 0.25) is 0 Å². The predicted molar refractivity (Wildman–Crippen MR) is 86.8 cm³/mol. The molecule has 0 aliphatic heterocycles. The van der Waals surface area contributed by atoms with Crippen LogP contribution in [0.4, 0.5) is 0 Å². The van der Waals surface area contributed by atoms with Crippen molar-refractivity contribution in [2.45, 2.75) is 46.3 Å². The molecule has 2 rings (SSSR count). The molecule has 2 heteroatoms. The Morgan fingerprint density at radius 3 is 2.43 bits per heavy atom. The molecule has 0 fully saturated rings. The fourth-order valence-corrected chi connectivity index (χ4v) is 2.56. The predicted octanol–water partition coefficient (Wildman–Crippen LogP) is 4.35. The van der Waals surface area contributed by atoms with Crippen molar-refractivity contribution in [3.05, 3.63) is 64.7 Å². The van der Waals surface area contributed by atoms with Crippen LogP contribution in [-0.4, -0.2) is 11.2 Å². The van der Waals surface area contributed by atoms with Gasteiger partial charge in [0.05, 0.1) is 6.10 Å². The highest BCUT2D eigenvalue weighted by molar-refractivity contribution is 5.43. The Bertz CT molecular complexity index is 627. The van der Waals surface area contributed by atoms with Gasteiger partial charge in [-0.3, -0.25) is 0 Å². The molecule has 1 N–H and O–H groups in total. The van der Waals surface area contributed by atoms with Crippen molar-refractivity contribution in [2.24, 2.45) is 0 Å². The van der Waals surface area contributed by atoms with Crippen LogP contribution in [0.25, 0.3) is 0 Å². The Hall–Kier alpha value is -1.80. The highest BCUT2D eigenvalue weighted by Gasteiger charge is 2.27. The third-order valence-electron chi connectivity index (χ3n) is 3.69. The SMILES string of the molecule is Cc1ccc(C)c(C(C)(O)c2cccc(OC(C)C)c2)c1. The van der Waals surface area contributed by atoms with Crippen LogP contribution in [0, 0.1) is 13.8 Å². The van der Waals surface area contributed by atoms with Crippen LogP contribution in [0.5, 0.6) is 5.75 Å². The molecule has 0 aliphatic rings. The van der Waals surface area contributed by atoms with Crippen LogP contribution >= 0.6 is 0 Å². The van der Waals surface area contributed by atoms with Crippen molar-refractivity contribution in [3.63, 3.8) is 0 Å². The smallest absolute Gasteiger partial charge is 0.120 e. The monoisotopic (exact) mass is 284 g/mol. The zero-order chi connectivity index (χ0) is 15.6. The van der Waals surface area contributed by atoms with Gasteiger partial charge in [0, 0.05) is 0 Å². The second-order valence-electron chi connectivity index (χ2n) is 6.09. The first-order valence-electron chi connectivity index (χ1n) is 7.38. The van der Waals surface area contributed by atoms with Gasteiger partial charge in [-0.2, -0.15) is 0 Å². The van der Waals surface area contributed by atoms with Gasteiger partial charge < -0.3 is 9.84 Å². The molecule has 2 aromatic carbocycles. The Balaban J connectivity index is 2.45. The van der Waals surface area contributed by atoms with Crippen molar-refractivity contribution in [1.82, 2.24) is 0 Å². The molecule has 0 aromatic heterocycles. The van der Waals surface area contributed by atoms with Crippen LogP contribution < -0.4 is 4.74 Å².